The Morgan fingerprint density at radius 1 is 1.19 bits per heavy atom. The van der Waals surface area contributed by atoms with Crippen LogP contribution >= 0.6 is 22.9 Å². The number of fused-ring (bicyclic) bond motifs is 1. The zero-order valence-corrected chi connectivity index (χ0v) is 15.1. The van der Waals surface area contributed by atoms with E-state index in [9.17, 15) is 14.9 Å². The molecule has 0 aliphatic rings. The minimum Gasteiger partial charge on any atom is -0.289 e. The molecule has 0 aliphatic carbocycles. The van der Waals surface area contributed by atoms with Gasteiger partial charge in [0, 0.05) is 22.0 Å². The fraction of sp³-hybridized carbons (Fsp3) is 0. The van der Waals surface area contributed by atoms with E-state index in [0.29, 0.717) is 9.98 Å². The van der Waals surface area contributed by atoms with Gasteiger partial charge in [0.05, 0.1) is 10.6 Å². The first-order valence-corrected chi connectivity index (χ1v) is 8.93. The van der Waals surface area contributed by atoms with Crippen LogP contribution in [0.3, 0.4) is 0 Å². The Morgan fingerprint density at radius 2 is 1.93 bits per heavy atom. The Morgan fingerprint density at radius 3 is 2.67 bits per heavy atom. The van der Waals surface area contributed by atoms with Crippen LogP contribution in [0.4, 0.5) is 11.6 Å². The fourth-order valence-corrected chi connectivity index (χ4v) is 3.50. The molecular weight excluding hydrogens is 390 g/mol. The summed E-state index contributed by atoms with van der Waals surface area (Å²) in [7, 11) is 0. The third kappa shape index (κ3) is 3.25. The van der Waals surface area contributed by atoms with Crippen molar-refractivity contribution in [2.75, 3.05) is 5.32 Å². The van der Waals surface area contributed by atoms with Crippen molar-refractivity contribution in [1.29, 1.82) is 0 Å². The van der Waals surface area contributed by atoms with Crippen molar-refractivity contribution in [3.05, 3.63) is 74.6 Å². The molecule has 4 aromatic rings. The molecule has 27 heavy (non-hydrogen) atoms. The molecule has 0 unspecified atom stereocenters. The van der Waals surface area contributed by atoms with Crippen LogP contribution in [0.1, 0.15) is 10.4 Å². The molecule has 10 heteroatoms. The van der Waals surface area contributed by atoms with Gasteiger partial charge in [-0.3, -0.25) is 20.2 Å². The highest BCUT2D eigenvalue weighted by atomic mass is 35.5. The molecule has 8 nitrogen and oxygen atoms in total. The zero-order valence-electron chi connectivity index (χ0n) is 13.5. The zero-order chi connectivity index (χ0) is 19.0. The lowest BCUT2D eigenvalue weighted by atomic mass is 10.1. The number of hydrogen-bond donors (Lipinski definition) is 1. The Hall–Kier alpha value is -3.30. The number of nitrogens with zero attached hydrogens (tertiary/aromatic N) is 4. The van der Waals surface area contributed by atoms with E-state index in [4.69, 9.17) is 11.6 Å². The first-order chi connectivity index (χ1) is 13.0. The van der Waals surface area contributed by atoms with E-state index >= 15 is 0 Å². The Bertz CT molecular complexity index is 1170. The number of anilines is 1. The summed E-state index contributed by atoms with van der Waals surface area (Å²) in [5.74, 6) is -0.575. The Balaban J connectivity index is 1.65. The van der Waals surface area contributed by atoms with Gasteiger partial charge < -0.3 is 0 Å². The largest absolute Gasteiger partial charge is 0.289 e. The van der Waals surface area contributed by atoms with Crippen molar-refractivity contribution < 1.29 is 9.72 Å². The number of nitro benzene ring substituents is 1. The van der Waals surface area contributed by atoms with Gasteiger partial charge in [0.15, 0.2) is 0 Å². The van der Waals surface area contributed by atoms with E-state index in [1.807, 2.05) is 17.5 Å². The highest BCUT2D eigenvalue weighted by Gasteiger charge is 2.21. The molecule has 4 rings (SSSR count). The minimum absolute atomic E-state index is 0.0569. The first kappa shape index (κ1) is 17.1. The third-order valence-corrected chi connectivity index (χ3v) is 4.86. The molecule has 0 saturated heterocycles. The maximum absolute atomic E-state index is 12.4. The molecule has 134 valence electrons. The van der Waals surface area contributed by atoms with Crippen molar-refractivity contribution in [3.63, 3.8) is 0 Å². The van der Waals surface area contributed by atoms with E-state index in [0.717, 1.165) is 11.3 Å². The number of hydrogen-bond acceptors (Lipinski definition) is 6. The summed E-state index contributed by atoms with van der Waals surface area (Å²) in [6.07, 6.45) is 0. The van der Waals surface area contributed by atoms with Crippen molar-refractivity contribution in [1.82, 2.24) is 14.6 Å². The molecule has 2 aromatic carbocycles. The van der Waals surface area contributed by atoms with Gasteiger partial charge in [-0.2, -0.15) is 4.98 Å². The van der Waals surface area contributed by atoms with Gasteiger partial charge in [0.25, 0.3) is 17.5 Å². The quantitative estimate of drug-likeness (QED) is 0.407. The average molecular weight is 400 g/mol. The SMILES string of the molecule is O=C(Nc1nc2scc(-c3ccc(Cl)cc3)n2n1)c1ccccc1[N+](=O)[O-]. The molecule has 1 N–H and O–H groups in total. The van der Waals surface area contributed by atoms with Gasteiger partial charge in [0.1, 0.15) is 5.56 Å². The molecule has 2 heterocycles. The predicted molar refractivity (Wildman–Crippen MR) is 102 cm³/mol. The van der Waals surface area contributed by atoms with Gasteiger partial charge in [-0.25, -0.2) is 4.52 Å². The highest BCUT2D eigenvalue weighted by Crippen LogP contribution is 2.27. The monoisotopic (exact) mass is 399 g/mol. The van der Waals surface area contributed by atoms with Crippen LogP contribution in [0.5, 0.6) is 0 Å². The lowest BCUT2D eigenvalue weighted by Crippen LogP contribution is -2.15. The second-order valence-corrected chi connectivity index (χ2v) is 6.76. The average Bonchev–Trinajstić information content (AvgIpc) is 3.22. The summed E-state index contributed by atoms with van der Waals surface area (Å²) in [5, 5.41) is 20.4. The van der Waals surface area contributed by atoms with Crippen LogP contribution in [-0.4, -0.2) is 25.4 Å². The number of nitrogens with one attached hydrogen (secondary N) is 1. The Kier molecular flexibility index (Phi) is 4.30. The number of carbonyl (C=O) groups is 1. The molecule has 0 bridgehead atoms. The molecule has 0 saturated carbocycles. The van der Waals surface area contributed by atoms with Gasteiger partial charge >= 0.3 is 0 Å². The summed E-state index contributed by atoms with van der Waals surface area (Å²) in [5.41, 5.74) is 1.36. The van der Waals surface area contributed by atoms with Gasteiger partial charge in [-0.1, -0.05) is 35.9 Å². The summed E-state index contributed by atoms with van der Waals surface area (Å²) < 4.78 is 1.60. The van der Waals surface area contributed by atoms with E-state index in [1.165, 1.54) is 29.5 Å². The second-order valence-electron chi connectivity index (χ2n) is 5.49. The maximum atomic E-state index is 12.4. The molecule has 0 aliphatic heterocycles. The van der Waals surface area contributed by atoms with E-state index < -0.39 is 10.8 Å². The Labute approximate surface area is 161 Å². The number of para-hydroxylation sites is 1. The van der Waals surface area contributed by atoms with Gasteiger partial charge in [-0.05, 0) is 18.2 Å². The number of carbonyl (C=O) groups excluding carboxylic acids is 1. The standard InChI is InChI=1S/C17H10ClN5O3S/c18-11-7-5-10(6-8-11)14-9-27-17-20-16(21-22(14)17)19-15(24)12-3-1-2-4-13(12)23(25)26/h1-9H,(H,19,21,24). The fourth-order valence-electron chi connectivity index (χ4n) is 2.55. The van der Waals surface area contributed by atoms with E-state index in [2.05, 4.69) is 15.4 Å². The number of nitro groups is 1. The number of thiazole rings is 1. The number of benzene rings is 2. The van der Waals surface area contributed by atoms with E-state index in [-0.39, 0.29) is 17.2 Å². The summed E-state index contributed by atoms with van der Waals surface area (Å²) in [6, 6.07) is 13.0. The molecule has 0 atom stereocenters. The molecule has 0 fully saturated rings. The van der Waals surface area contributed by atoms with Crippen LogP contribution in [0.15, 0.2) is 53.9 Å². The number of rotatable bonds is 4. The summed E-state index contributed by atoms with van der Waals surface area (Å²) >= 11 is 7.28. The highest BCUT2D eigenvalue weighted by molar-refractivity contribution is 7.15. The normalized spacial score (nSPS) is 10.9. The van der Waals surface area contributed by atoms with Crippen molar-refractivity contribution in [3.8, 4) is 11.3 Å². The summed E-state index contributed by atoms with van der Waals surface area (Å²) in [6.45, 7) is 0. The molecule has 1 amide bonds. The third-order valence-electron chi connectivity index (χ3n) is 3.79. The predicted octanol–water partition coefficient (Wildman–Crippen LogP) is 4.27. The van der Waals surface area contributed by atoms with Gasteiger partial charge in [0.2, 0.25) is 4.96 Å². The topological polar surface area (TPSA) is 102 Å². The van der Waals surface area contributed by atoms with Crippen LogP contribution in [-0.2, 0) is 0 Å². The lowest BCUT2D eigenvalue weighted by Gasteiger charge is -2.02. The summed E-state index contributed by atoms with van der Waals surface area (Å²) in [4.78, 5) is 27.7. The maximum Gasteiger partial charge on any atom is 0.282 e. The number of halogens is 1. The van der Waals surface area contributed by atoms with Crippen LogP contribution in [0.25, 0.3) is 16.2 Å². The lowest BCUT2D eigenvalue weighted by molar-refractivity contribution is -0.385. The van der Waals surface area contributed by atoms with Crippen molar-refractivity contribution in [2.24, 2.45) is 0 Å². The van der Waals surface area contributed by atoms with Crippen LogP contribution in [0.2, 0.25) is 5.02 Å². The smallest absolute Gasteiger partial charge is 0.282 e. The van der Waals surface area contributed by atoms with Crippen LogP contribution in [0, 0.1) is 10.1 Å². The van der Waals surface area contributed by atoms with Gasteiger partial charge in [-0.15, -0.1) is 16.4 Å². The van der Waals surface area contributed by atoms with E-state index in [1.54, 1.807) is 22.7 Å². The van der Waals surface area contributed by atoms with Crippen molar-refractivity contribution >= 4 is 45.4 Å². The number of aromatic nitrogens is 3. The molecular formula is C17H10ClN5O3S. The molecule has 0 spiro atoms. The second kappa shape index (κ2) is 6.78. The van der Waals surface area contributed by atoms with Crippen LogP contribution < -0.4 is 5.32 Å². The van der Waals surface area contributed by atoms with Crippen molar-refractivity contribution in [2.45, 2.75) is 0 Å². The molecule has 2 aromatic heterocycles. The minimum atomic E-state index is -0.645. The first-order valence-electron chi connectivity index (χ1n) is 7.68. The molecule has 0 radical (unpaired) electrons. The number of amides is 1.